The van der Waals surface area contributed by atoms with Crippen LogP contribution in [0.5, 0.6) is 0 Å². The Labute approximate surface area is 345 Å². The van der Waals surface area contributed by atoms with E-state index in [4.69, 9.17) is 18.5 Å². The zero-order chi connectivity index (χ0) is 42.0. The van der Waals surface area contributed by atoms with Gasteiger partial charge in [0, 0.05) is 13.0 Å². The van der Waals surface area contributed by atoms with Crippen molar-refractivity contribution in [3.05, 3.63) is 24.3 Å². The molecular formula is C44H83O12P. The molecule has 0 aromatic heterocycles. The molecule has 0 heterocycles. The smallest absolute Gasteiger partial charge is 0.457 e. The number of hydrogen-bond acceptors (Lipinski definition) is 11. The second-order valence-corrected chi connectivity index (χ2v) is 17.3. The lowest BCUT2D eigenvalue weighted by molar-refractivity contribution is -0.220. The highest BCUT2D eigenvalue weighted by atomic mass is 31.2. The fraction of sp³-hybridized carbons (Fsp3) is 0.886. The summed E-state index contributed by atoms with van der Waals surface area (Å²) in [6.45, 7) is 4.18. The summed E-state index contributed by atoms with van der Waals surface area (Å²) in [5.41, 5.74) is 0. The van der Waals surface area contributed by atoms with Crippen molar-refractivity contribution in [1.82, 2.24) is 0 Å². The number of ether oxygens (including phenoxy) is 2. The number of phosphoric acid groups is 1. The fourth-order valence-electron chi connectivity index (χ4n) is 6.88. The van der Waals surface area contributed by atoms with Gasteiger partial charge >= 0.3 is 13.8 Å². The van der Waals surface area contributed by atoms with Crippen LogP contribution in [0, 0.1) is 0 Å². The van der Waals surface area contributed by atoms with E-state index in [1.807, 2.05) is 0 Å². The topological polar surface area (TPSA) is 192 Å². The molecule has 6 atom stereocenters. The largest absolute Gasteiger partial charge is 0.472 e. The van der Waals surface area contributed by atoms with Gasteiger partial charge in [-0.25, -0.2) is 4.57 Å². The molecule has 0 saturated heterocycles. The van der Waals surface area contributed by atoms with Crippen LogP contribution in [-0.2, 0) is 27.9 Å². The standard InChI is InChI=1S/C44H83O12P/c1-3-5-7-9-11-13-15-16-17-18-19-20-21-22-23-25-27-29-31-33-38(45)55-37(35-53-34-32-30-28-26-24-14-12-10-8-6-4-2)36-54-57(51,52)56-44-42(49)40(47)39(46)41(48)43(44)50/h8,10,16-17,37,39-44,46-50H,3-7,9,11-15,18-36H2,1-2H3,(H,51,52)/b10-8-,17-16-. The van der Waals surface area contributed by atoms with E-state index in [0.29, 0.717) is 13.0 Å². The van der Waals surface area contributed by atoms with Crippen LogP contribution in [0.25, 0.3) is 0 Å². The predicted molar refractivity (Wildman–Crippen MR) is 226 cm³/mol. The summed E-state index contributed by atoms with van der Waals surface area (Å²) in [7, 11) is -5.01. The van der Waals surface area contributed by atoms with E-state index < -0.39 is 63.1 Å². The van der Waals surface area contributed by atoms with Gasteiger partial charge in [-0.3, -0.25) is 13.8 Å². The van der Waals surface area contributed by atoms with Crippen LogP contribution < -0.4 is 0 Å². The molecule has 0 radical (unpaired) electrons. The molecule has 57 heavy (non-hydrogen) atoms. The molecule has 0 spiro atoms. The first-order valence-electron chi connectivity index (χ1n) is 22.7. The van der Waals surface area contributed by atoms with E-state index in [1.54, 1.807) is 0 Å². The van der Waals surface area contributed by atoms with E-state index in [1.165, 1.54) is 103 Å². The maximum atomic E-state index is 12.8. The Morgan fingerprint density at radius 2 is 0.965 bits per heavy atom. The second-order valence-electron chi connectivity index (χ2n) is 15.9. The number of phosphoric ester groups is 1. The first kappa shape index (κ1) is 53.8. The second kappa shape index (κ2) is 35.6. The average Bonchev–Trinajstić information content (AvgIpc) is 3.19. The third kappa shape index (κ3) is 28.1. The van der Waals surface area contributed by atoms with Crippen molar-refractivity contribution < 1.29 is 58.3 Å². The maximum absolute atomic E-state index is 12.8. The summed E-state index contributed by atoms with van der Waals surface area (Å²) in [6, 6.07) is 0. The molecule has 0 amide bonds. The van der Waals surface area contributed by atoms with E-state index in [-0.39, 0.29) is 13.0 Å². The Bertz CT molecular complexity index is 1040. The van der Waals surface area contributed by atoms with Crippen LogP contribution >= 0.6 is 7.82 Å². The number of aliphatic hydroxyl groups is 5. The molecule has 6 unspecified atom stereocenters. The number of rotatable bonds is 38. The first-order valence-corrected chi connectivity index (χ1v) is 24.2. The molecular weight excluding hydrogens is 751 g/mol. The molecule has 12 nitrogen and oxygen atoms in total. The zero-order valence-electron chi connectivity index (χ0n) is 35.6. The molecule has 1 rings (SSSR count). The summed E-state index contributed by atoms with van der Waals surface area (Å²) in [4.78, 5) is 23.1. The van der Waals surface area contributed by atoms with Crippen LogP contribution in [0.1, 0.15) is 187 Å². The Morgan fingerprint density at radius 3 is 1.46 bits per heavy atom. The molecule has 0 aromatic rings. The fourth-order valence-corrected chi connectivity index (χ4v) is 7.85. The third-order valence-corrected chi connectivity index (χ3v) is 11.5. The van der Waals surface area contributed by atoms with Gasteiger partial charge in [0.2, 0.25) is 0 Å². The Hall–Kier alpha value is -1.18. The highest BCUT2D eigenvalue weighted by Crippen LogP contribution is 2.47. The van der Waals surface area contributed by atoms with Gasteiger partial charge in [-0.05, 0) is 57.8 Å². The van der Waals surface area contributed by atoms with E-state index in [9.17, 15) is 39.8 Å². The predicted octanol–water partition coefficient (Wildman–Crippen LogP) is 8.92. The number of hydrogen-bond donors (Lipinski definition) is 6. The van der Waals surface area contributed by atoms with Gasteiger partial charge in [0.15, 0.2) is 0 Å². The van der Waals surface area contributed by atoms with Gasteiger partial charge in [0.1, 0.15) is 42.7 Å². The Kier molecular flexibility index (Phi) is 33.6. The van der Waals surface area contributed by atoms with Gasteiger partial charge in [-0.1, -0.05) is 147 Å². The highest BCUT2D eigenvalue weighted by molar-refractivity contribution is 7.47. The monoisotopic (exact) mass is 835 g/mol. The quantitative estimate of drug-likeness (QED) is 0.0150. The van der Waals surface area contributed by atoms with Crippen molar-refractivity contribution in [2.75, 3.05) is 19.8 Å². The van der Waals surface area contributed by atoms with Gasteiger partial charge in [-0.15, -0.1) is 0 Å². The average molecular weight is 835 g/mol. The van der Waals surface area contributed by atoms with Gasteiger partial charge in [0.05, 0.1) is 13.2 Å². The van der Waals surface area contributed by atoms with E-state index in [0.717, 1.165) is 57.8 Å². The van der Waals surface area contributed by atoms with Gasteiger partial charge in [0.25, 0.3) is 0 Å². The highest BCUT2D eigenvalue weighted by Gasteiger charge is 2.51. The normalized spacial score (nSPS) is 23.0. The Balaban J connectivity index is 2.37. The molecule has 0 bridgehead atoms. The van der Waals surface area contributed by atoms with Crippen LogP contribution in [-0.4, -0.2) is 98.9 Å². The summed E-state index contributed by atoms with van der Waals surface area (Å²) in [6.07, 6.45) is 26.8. The minimum atomic E-state index is -5.01. The van der Waals surface area contributed by atoms with Crippen LogP contribution in [0.15, 0.2) is 24.3 Å². The lowest BCUT2D eigenvalue weighted by atomic mass is 9.85. The first-order chi connectivity index (χ1) is 27.5. The number of carbonyl (C=O) groups is 1. The molecule has 1 fully saturated rings. The number of esters is 1. The minimum absolute atomic E-state index is 0.0797. The lowest BCUT2D eigenvalue weighted by Crippen LogP contribution is -2.64. The summed E-state index contributed by atoms with van der Waals surface area (Å²) >= 11 is 0. The number of allylic oxidation sites excluding steroid dienone is 4. The Morgan fingerprint density at radius 1 is 0.544 bits per heavy atom. The SMILES string of the molecule is CCC/C=C\CCCCCCCCOCC(COP(=O)(O)OC1C(O)C(O)C(O)C(O)C1O)OC(=O)CCCCCCCCCCC/C=C\CCCCCCCC. The van der Waals surface area contributed by atoms with Crippen LogP contribution in [0.3, 0.4) is 0 Å². The maximum Gasteiger partial charge on any atom is 0.472 e. The zero-order valence-corrected chi connectivity index (χ0v) is 36.5. The lowest BCUT2D eigenvalue weighted by Gasteiger charge is -2.41. The summed E-state index contributed by atoms with van der Waals surface area (Å²) < 4.78 is 34.1. The molecule has 1 saturated carbocycles. The van der Waals surface area contributed by atoms with Gasteiger partial charge < -0.3 is 39.9 Å². The van der Waals surface area contributed by atoms with Crippen molar-refractivity contribution in [2.45, 2.75) is 230 Å². The van der Waals surface area contributed by atoms with Crippen molar-refractivity contribution in [3.63, 3.8) is 0 Å². The van der Waals surface area contributed by atoms with Crippen LogP contribution in [0.2, 0.25) is 0 Å². The number of aliphatic hydroxyl groups excluding tert-OH is 5. The summed E-state index contributed by atoms with van der Waals surface area (Å²) in [5, 5.41) is 50.1. The molecule has 0 aromatic carbocycles. The molecule has 0 aliphatic heterocycles. The van der Waals surface area contributed by atoms with E-state index in [2.05, 4.69) is 38.2 Å². The molecule has 1 aliphatic carbocycles. The van der Waals surface area contributed by atoms with Crippen molar-refractivity contribution >= 4 is 13.8 Å². The minimum Gasteiger partial charge on any atom is -0.457 e. The van der Waals surface area contributed by atoms with Crippen molar-refractivity contribution in [1.29, 1.82) is 0 Å². The molecule has 1 aliphatic rings. The van der Waals surface area contributed by atoms with Crippen LogP contribution in [0.4, 0.5) is 0 Å². The van der Waals surface area contributed by atoms with Crippen molar-refractivity contribution in [2.24, 2.45) is 0 Å². The molecule has 13 heteroatoms. The summed E-state index contributed by atoms with van der Waals surface area (Å²) in [5.74, 6) is -0.482. The van der Waals surface area contributed by atoms with Gasteiger partial charge in [-0.2, -0.15) is 0 Å². The van der Waals surface area contributed by atoms with E-state index >= 15 is 0 Å². The number of unbranched alkanes of at least 4 members (excludes halogenated alkanes) is 22. The number of carbonyl (C=O) groups excluding carboxylic acids is 1. The molecule has 6 N–H and O–H groups in total. The van der Waals surface area contributed by atoms with Crippen molar-refractivity contribution in [3.8, 4) is 0 Å². The molecule has 336 valence electrons. The third-order valence-electron chi connectivity index (χ3n) is 10.5.